The third-order valence-corrected chi connectivity index (χ3v) is 5.00. The van der Waals surface area contributed by atoms with Crippen LogP contribution in [-0.2, 0) is 4.79 Å². The maximum atomic E-state index is 14.2. The maximum absolute atomic E-state index is 14.2. The van der Waals surface area contributed by atoms with Gasteiger partial charge in [0.25, 0.3) is 0 Å². The van der Waals surface area contributed by atoms with Crippen LogP contribution in [0, 0.1) is 5.82 Å². The molecule has 2 heterocycles. The predicted molar refractivity (Wildman–Crippen MR) is 112 cm³/mol. The lowest BCUT2D eigenvalue weighted by Crippen LogP contribution is -2.23. The summed E-state index contributed by atoms with van der Waals surface area (Å²) in [6.45, 7) is 1.39. The number of benzene rings is 2. The Kier molecular flexibility index (Phi) is 4.95. The number of carbonyl (C=O) groups is 1. The smallest absolute Gasteiger partial charge is 0.230 e. The van der Waals surface area contributed by atoms with Crippen LogP contribution in [0.2, 0.25) is 0 Å². The summed E-state index contributed by atoms with van der Waals surface area (Å²) < 4.78 is 14.2. The van der Waals surface area contributed by atoms with Gasteiger partial charge in [-0.15, -0.1) is 11.3 Å². The molecule has 2 aromatic carbocycles. The van der Waals surface area contributed by atoms with Gasteiger partial charge in [-0.2, -0.15) is 0 Å². The zero-order valence-electron chi connectivity index (χ0n) is 15.0. The SMILES string of the molecule is CC(=O)N(c1nc(C=Cc2ccc3ccccc3n2)cs1)c1ccccc1F. The van der Waals surface area contributed by atoms with Crippen molar-refractivity contribution in [3.63, 3.8) is 0 Å². The normalized spacial score (nSPS) is 11.2. The number of hydrogen-bond acceptors (Lipinski definition) is 4. The molecule has 0 fully saturated rings. The summed E-state index contributed by atoms with van der Waals surface area (Å²) in [5.41, 5.74) is 2.60. The first-order chi connectivity index (χ1) is 13.6. The number of fused-ring (bicyclic) bond motifs is 1. The van der Waals surface area contributed by atoms with E-state index >= 15 is 0 Å². The molecular formula is C22H16FN3OS. The molecule has 0 aliphatic heterocycles. The number of rotatable bonds is 4. The van der Waals surface area contributed by atoms with Gasteiger partial charge in [0.2, 0.25) is 5.91 Å². The summed E-state index contributed by atoms with van der Waals surface area (Å²) in [5.74, 6) is -0.767. The van der Waals surface area contributed by atoms with Crippen molar-refractivity contribution in [2.75, 3.05) is 4.90 Å². The first-order valence-electron chi connectivity index (χ1n) is 8.66. The van der Waals surface area contributed by atoms with Crippen molar-refractivity contribution >= 4 is 51.1 Å². The van der Waals surface area contributed by atoms with Crippen LogP contribution in [0.4, 0.5) is 15.2 Å². The molecule has 2 aromatic heterocycles. The number of aromatic nitrogens is 2. The van der Waals surface area contributed by atoms with Gasteiger partial charge in [0.05, 0.1) is 22.6 Å². The van der Waals surface area contributed by atoms with Crippen LogP contribution in [0.1, 0.15) is 18.3 Å². The topological polar surface area (TPSA) is 46.1 Å². The minimum absolute atomic E-state index is 0.191. The largest absolute Gasteiger partial charge is 0.274 e. The van der Waals surface area contributed by atoms with Crippen molar-refractivity contribution in [1.82, 2.24) is 9.97 Å². The summed E-state index contributed by atoms with van der Waals surface area (Å²) in [5, 5.41) is 3.32. The Bertz CT molecular complexity index is 1190. The molecule has 1 amide bonds. The van der Waals surface area contributed by atoms with Gasteiger partial charge in [-0.1, -0.05) is 36.4 Å². The van der Waals surface area contributed by atoms with Crippen molar-refractivity contribution < 1.29 is 9.18 Å². The Labute approximate surface area is 165 Å². The summed E-state index contributed by atoms with van der Waals surface area (Å²) in [6.07, 6.45) is 3.70. The maximum Gasteiger partial charge on any atom is 0.230 e. The minimum atomic E-state index is -0.467. The highest BCUT2D eigenvalue weighted by Crippen LogP contribution is 2.31. The minimum Gasteiger partial charge on any atom is -0.274 e. The molecule has 0 bridgehead atoms. The quantitative estimate of drug-likeness (QED) is 0.451. The average molecular weight is 389 g/mol. The molecule has 138 valence electrons. The Balaban J connectivity index is 1.61. The number of halogens is 1. The number of anilines is 2. The Morgan fingerprint density at radius 3 is 2.54 bits per heavy atom. The fraction of sp³-hybridized carbons (Fsp3) is 0.0455. The number of nitrogens with zero attached hydrogens (tertiary/aromatic N) is 3. The van der Waals surface area contributed by atoms with Crippen molar-refractivity contribution in [1.29, 1.82) is 0 Å². The van der Waals surface area contributed by atoms with E-state index in [-0.39, 0.29) is 11.6 Å². The number of para-hydroxylation sites is 2. The number of pyridine rings is 1. The monoisotopic (exact) mass is 389 g/mol. The van der Waals surface area contributed by atoms with Gasteiger partial charge in [-0.05, 0) is 36.4 Å². The second kappa shape index (κ2) is 7.70. The van der Waals surface area contributed by atoms with Crippen molar-refractivity contribution in [2.24, 2.45) is 0 Å². The summed E-state index contributed by atoms with van der Waals surface area (Å²) in [7, 11) is 0. The molecular weight excluding hydrogens is 373 g/mol. The molecule has 4 aromatic rings. The molecule has 4 nitrogen and oxygen atoms in total. The molecule has 0 saturated carbocycles. The Hall–Kier alpha value is -3.38. The van der Waals surface area contributed by atoms with Crippen molar-refractivity contribution in [2.45, 2.75) is 6.92 Å². The van der Waals surface area contributed by atoms with Crippen LogP contribution < -0.4 is 4.90 Å². The second-order valence-electron chi connectivity index (χ2n) is 6.12. The highest BCUT2D eigenvalue weighted by atomic mass is 32.1. The van der Waals surface area contributed by atoms with Gasteiger partial charge in [0, 0.05) is 17.7 Å². The van der Waals surface area contributed by atoms with E-state index in [9.17, 15) is 9.18 Å². The van der Waals surface area contributed by atoms with Gasteiger partial charge < -0.3 is 0 Å². The van der Waals surface area contributed by atoms with E-state index < -0.39 is 5.82 Å². The van der Waals surface area contributed by atoms with E-state index in [1.54, 1.807) is 18.2 Å². The Morgan fingerprint density at radius 2 is 1.71 bits per heavy atom. The zero-order valence-corrected chi connectivity index (χ0v) is 15.9. The molecule has 0 N–H and O–H groups in total. The lowest BCUT2D eigenvalue weighted by atomic mass is 10.2. The molecule has 0 aliphatic carbocycles. The van der Waals surface area contributed by atoms with Crippen molar-refractivity contribution in [3.8, 4) is 0 Å². The molecule has 28 heavy (non-hydrogen) atoms. The van der Waals surface area contributed by atoms with E-state index in [4.69, 9.17) is 0 Å². The molecule has 0 radical (unpaired) electrons. The third kappa shape index (κ3) is 3.68. The zero-order chi connectivity index (χ0) is 19.5. The molecule has 4 rings (SSSR count). The van der Waals surface area contributed by atoms with Gasteiger partial charge in [-0.3, -0.25) is 9.69 Å². The Morgan fingerprint density at radius 1 is 0.964 bits per heavy atom. The number of hydrogen-bond donors (Lipinski definition) is 0. The second-order valence-corrected chi connectivity index (χ2v) is 6.96. The summed E-state index contributed by atoms with van der Waals surface area (Å²) in [6, 6.07) is 18.0. The average Bonchev–Trinajstić information content (AvgIpc) is 3.16. The molecule has 0 saturated heterocycles. The lowest BCUT2D eigenvalue weighted by Gasteiger charge is -2.18. The molecule has 6 heteroatoms. The predicted octanol–water partition coefficient (Wildman–Crippen LogP) is 5.69. The van der Waals surface area contributed by atoms with Crippen molar-refractivity contribution in [3.05, 3.63) is 83.2 Å². The number of amides is 1. The van der Waals surface area contributed by atoms with E-state index in [0.29, 0.717) is 10.8 Å². The standard InChI is InChI=1S/C22H16FN3OS/c1-15(27)26(21-9-5-3-7-19(21)23)22-25-18(14-28-22)13-12-17-11-10-16-6-2-4-8-20(16)24-17/h2-14H,1H3. The van der Waals surface area contributed by atoms with Gasteiger partial charge in [0.1, 0.15) is 5.82 Å². The molecule has 0 unspecified atom stereocenters. The van der Waals surface area contributed by atoms with Crippen LogP contribution in [0.15, 0.2) is 66.0 Å². The molecule has 0 atom stereocenters. The van der Waals surface area contributed by atoms with Gasteiger partial charge >= 0.3 is 0 Å². The molecule has 0 spiro atoms. The third-order valence-electron chi connectivity index (χ3n) is 4.15. The molecule has 0 aliphatic rings. The van der Waals surface area contributed by atoms with Crippen LogP contribution in [-0.4, -0.2) is 15.9 Å². The van der Waals surface area contributed by atoms with Crippen LogP contribution in [0.3, 0.4) is 0 Å². The fourth-order valence-electron chi connectivity index (χ4n) is 2.84. The van der Waals surface area contributed by atoms with E-state index in [0.717, 1.165) is 16.6 Å². The number of carbonyl (C=O) groups excluding carboxylic acids is 1. The summed E-state index contributed by atoms with van der Waals surface area (Å²) >= 11 is 1.28. The number of thiazole rings is 1. The van der Waals surface area contributed by atoms with Gasteiger partial charge in [0.15, 0.2) is 5.13 Å². The van der Waals surface area contributed by atoms with Gasteiger partial charge in [-0.25, -0.2) is 14.4 Å². The lowest BCUT2D eigenvalue weighted by molar-refractivity contribution is -0.115. The summed E-state index contributed by atoms with van der Waals surface area (Å²) in [4.78, 5) is 22.5. The van der Waals surface area contributed by atoms with Crippen LogP contribution in [0.25, 0.3) is 23.1 Å². The van der Waals surface area contributed by atoms with E-state index in [1.807, 2.05) is 53.9 Å². The highest BCUT2D eigenvalue weighted by Gasteiger charge is 2.20. The van der Waals surface area contributed by atoms with E-state index in [2.05, 4.69) is 9.97 Å². The van der Waals surface area contributed by atoms with E-state index in [1.165, 1.54) is 29.2 Å². The highest BCUT2D eigenvalue weighted by molar-refractivity contribution is 7.14. The first-order valence-corrected chi connectivity index (χ1v) is 9.54. The fourth-order valence-corrected chi connectivity index (χ4v) is 3.69. The van der Waals surface area contributed by atoms with Crippen LogP contribution >= 0.6 is 11.3 Å². The van der Waals surface area contributed by atoms with Crippen LogP contribution in [0.5, 0.6) is 0 Å². The first kappa shape index (κ1) is 18.0.